The highest BCUT2D eigenvalue weighted by Crippen LogP contribution is 2.44. The van der Waals surface area contributed by atoms with Gasteiger partial charge < -0.3 is 30.5 Å². The number of benzene rings is 4. The van der Waals surface area contributed by atoms with Crippen molar-refractivity contribution in [2.45, 2.75) is 61.9 Å². The maximum atomic E-state index is 13.7. The predicted molar refractivity (Wildman–Crippen MR) is 229 cm³/mol. The number of esters is 1. The molecular weight excluding hydrogens is 751 g/mol. The van der Waals surface area contributed by atoms with Crippen molar-refractivity contribution < 1.29 is 33.8 Å². The molecule has 0 heterocycles. The number of allylic oxidation sites excluding steroid dienone is 2. The van der Waals surface area contributed by atoms with E-state index in [1.807, 2.05) is 97.1 Å². The topological polar surface area (TPSA) is 143 Å². The summed E-state index contributed by atoms with van der Waals surface area (Å²) in [6, 6.07) is 33.3. The van der Waals surface area contributed by atoms with E-state index < -0.39 is 36.1 Å². The molecule has 4 aromatic carbocycles. The van der Waals surface area contributed by atoms with E-state index in [0.29, 0.717) is 24.3 Å². The minimum absolute atomic E-state index is 0.0907. The predicted octanol–water partition coefficient (Wildman–Crippen LogP) is 7.12. The third kappa shape index (κ3) is 12.9. The Morgan fingerprint density at radius 1 is 0.741 bits per heavy atom. The first-order valence-corrected chi connectivity index (χ1v) is 20.8. The van der Waals surface area contributed by atoms with Crippen molar-refractivity contribution in [2.24, 2.45) is 5.92 Å². The van der Waals surface area contributed by atoms with Crippen LogP contribution in [0.4, 0.5) is 4.79 Å². The smallest absolute Gasteiger partial charge is 0.407 e. The van der Waals surface area contributed by atoms with E-state index in [9.17, 15) is 24.3 Å². The Morgan fingerprint density at radius 2 is 1.36 bits per heavy atom. The Morgan fingerprint density at radius 3 is 1.98 bits per heavy atom. The van der Waals surface area contributed by atoms with Crippen LogP contribution >= 0.6 is 11.8 Å². The summed E-state index contributed by atoms with van der Waals surface area (Å²) in [5.74, 6) is -1.25. The number of aliphatic hydroxyl groups excluding tert-OH is 1. The third-order valence-electron chi connectivity index (χ3n) is 9.95. The number of fused-ring (bicyclic) bond motifs is 3. The van der Waals surface area contributed by atoms with Crippen LogP contribution in [0, 0.1) is 5.92 Å². The largest absolute Gasteiger partial charge is 0.462 e. The Balaban J connectivity index is 1.20. The lowest BCUT2D eigenvalue weighted by molar-refractivity contribution is -0.147. The molecule has 0 aliphatic heterocycles. The molecule has 5 rings (SSSR count). The second-order valence-corrected chi connectivity index (χ2v) is 15.3. The summed E-state index contributed by atoms with van der Waals surface area (Å²) >= 11 is 1.56. The first kappa shape index (κ1) is 43.5. The van der Waals surface area contributed by atoms with Gasteiger partial charge in [0.25, 0.3) is 0 Å². The van der Waals surface area contributed by atoms with Gasteiger partial charge in [-0.2, -0.15) is 11.8 Å². The fourth-order valence-electron chi connectivity index (χ4n) is 7.00. The number of thioether (sulfide) groups is 1. The Labute approximate surface area is 345 Å². The van der Waals surface area contributed by atoms with E-state index in [-0.39, 0.29) is 56.8 Å². The van der Waals surface area contributed by atoms with E-state index in [2.05, 4.69) is 41.2 Å². The van der Waals surface area contributed by atoms with Gasteiger partial charge in [-0.15, -0.1) is 13.2 Å². The number of carbonyl (C=O) groups excluding carboxylic acids is 4. The molecule has 304 valence electrons. The second-order valence-electron chi connectivity index (χ2n) is 14.3. The van der Waals surface area contributed by atoms with Gasteiger partial charge in [0.2, 0.25) is 11.8 Å². The maximum absolute atomic E-state index is 13.7. The van der Waals surface area contributed by atoms with Gasteiger partial charge in [0.05, 0.1) is 24.6 Å². The Hall–Kier alpha value is -5.65. The number of hydrogen-bond acceptors (Lipinski definition) is 8. The maximum Gasteiger partial charge on any atom is 0.407 e. The Bertz CT molecular complexity index is 1930. The van der Waals surface area contributed by atoms with Crippen molar-refractivity contribution in [1.29, 1.82) is 0 Å². The van der Waals surface area contributed by atoms with Crippen molar-refractivity contribution in [3.05, 3.63) is 157 Å². The molecule has 4 N–H and O–H groups in total. The van der Waals surface area contributed by atoms with Crippen LogP contribution in [0.25, 0.3) is 11.1 Å². The number of alkyl carbamates (subject to hydrolysis) is 1. The Kier molecular flexibility index (Phi) is 17.2. The highest BCUT2D eigenvalue weighted by atomic mass is 32.2. The van der Waals surface area contributed by atoms with E-state index in [0.717, 1.165) is 33.4 Å². The zero-order valence-electron chi connectivity index (χ0n) is 32.7. The average molecular weight is 804 g/mol. The van der Waals surface area contributed by atoms with Crippen LogP contribution in [-0.2, 0) is 36.0 Å². The molecule has 0 saturated carbocycles. The van der Waals surface area contributed by atoms with E-state index in [1.54, 1.807) is 23.9 Å². The molecule has 1 aliphatic carbocycles. The van der Waals surface area contributed by atoms with Crippen molar-refractivity contribution in [2.75, 3.05) is 25.6 Å². The zero-order valence-corrected chi connectivity index (χ0v) is 33.5. The summed E-state index contributed by atoms with van der Waals surface area (Å²) in [6.07, 6.45) is 3.73. The molecule has 0 fully saturated rings. The van der Waals surface area contributed by atoms with E-state index in [1.165, 1.54) is 0 Å². The van der Waals surface area contributed by atoms with Gasteiger partial charge >= 0.3 is 12.1 Å². The second kappa shape index (κ2) is 22.9. The van der Waals surface area contributed by atoms with Gasteiger partial charge in [0, 0.05) is 23.8 Å². The molecule has 10 nitrogen and oxygen atoms in total. The lowest BCUT2D eigenvalue weighted by Gasteiger charge is -2.24. The molecule has 3 amide bonds. The molecule has 0 radical (unpaired) electrons. The summed E-state index contributed by atoms with van der Waals surface area (Å²) in [4.78, 5) is 53.6. The van der Waals surface area contributed by atoms with Gasteiger partial charge in [-0.25, -0.2) is 9.59 Å². The van der Waals surface area contributed by atoms with Crippen molar-refractivity contribution >= 4 is 35.6 Å². The molecule has 0 bridgehead atoms. The number of nitrogens with one attached hydrogen (secondary N) is 3. The minimum Gasteiger partial charge on any atom is -0.462 e. The lowest BCUT2D eigenvalue weighted by atomic mass is 9.98. The van der Waals surface area contributed by atoms with Crippen LogP contribution in [0.15, 0.2) is 135 Å². The normalized spacial score (nSPS) is 13.7. The quantitative estimate of drug-likeness (QED) is 0.0459. The van der Waals surface area contributed by atoms with Crippen LogP contribution in [0.1, 0.15) is 53.9 Å². The van der Waals surface area contributed by atoms with Gasteiger partial charge in [-0.1, -0.05) is 121 Å². The minimum atomic E-state index is -1.02. The third-order valence-corrected chi connectivity index (χ3v) is 11.1. The molecule has 4 atom stereocenters. The van der Waals surface area contributed by atoms with Crippen LogP contribution < -0.4 is 16.0 Å². The van der Waals surface area contributed by atoms with Gasteiger partial charge in [-0.3, -0.25) is 9.59 Å². The molecule has 4 aromatic rings. The van der Waals surface area contributed by atoms with Gasteiger partial charge in [0.15, 0.2) is 0 Å². The molecule has 1 aliphatic rings. The van der Waals surface area contributed by atoms with Crippen LogP contribution in [-0.4, -0.2) is 72.7 Å². The molecule has 0 aromatic heterocycles. The molecule has 0 spiro atoms. The molecule has 58 heavy (non-hydrogen) atoms. The molecule has 11 heteroatoms. The highest BCUT2D eigenvalue weighted by molar-refractivity contribution is 7.98. The number of ether oxygens (including phenoxy) is 2. The summed E-state index contributed by atoms with van der Waals surface area (Å²) in [5.41, 5.74) is 6.43. The molecular formula is C47H53N3O7S. The monoisotopic (exact) mass is 803 g/mol. The lowest BCUT2D eigenvalue weighted by Crippen LogP contribution is -2.47. The van der Waals surface area contributed by atoms with Crippen LogP contribution in [0.3, 0.4) is 0 Å². The fraction of sp³-hybridized carbons (Fsp3) is 0.319. The number of rotatable bonds is 23. The van der Waals surface area contributed by atoms with Gasteiger partial charge in [0.1, 0.15) is 19.3 Å². The zero-order chi connectivity index (χ0) is 41.1. The van der Waals surface area contributed by atoms with Crippen molar-refractivity contribution in [3.63, 3.8) is 0 Å². The van der Waals surface area contributed by atoms with E-state index >= 15 is 0 Å². The summed E-state index contributed by atoms with van der Waals surface area (Å²) in [5, 5.41) is 18.5. The van der Waals surface area contributed by atoms with E-state index in [4.69, 9.17) is 9.47 Å². The highest BCUT2D eigenvalue weighted by Gasteiger charge is 2.31. The van der Waals surface area contributed by atoms with Crippen molar-refractivity contribution in [3.8, 4) is 11.1 Å². The molecule has 0 saturated heterocycles. The number of aliphatic hydroxyl groups is 1. The first-order chi connectivity index (χ1) is 28.3. The standard InChI is InChI=1S/C47H53N3O7S/c1-3-5-25-43(50-47(55)57-30-42-40-23-14-12-21-38(40)39-22-13-15-24-41(39)42)46(54)56-29-37(32-58-31-34-19-10-7-11-20-34)49-45(53)35(16-4-2)27-44(52)48-36(28-51)26-33-17-8-6-9-18-33/h3-4,6-15,17-24,35-37,42-43,51H,1-2,5,16,25-32H2,(H,48,52)(H,49,53)(H,50,55)/t35-,36-,37+,43-/m0/s1. The summed E-state index contributed by atoms with van der Waals surface area (Å²) in [7, 11) is 0. The number of amides is 3. The van der Waals surface area contributed by atoms with Crippen LogP contribution in [0.2, 0.25) is 0 Å². The summed E-state index contributed by atoms with van der Waals surface area (Å²) < 4.78 is 11.5. The summed E-state index contributed by atoms with van der Waals surface area (Å²) in [6.45, 7) is 7.23. The van der Waals surface area contributed by atoms with Crippen molar-refractivity contribution in [1.82, 2.24) is 16.0 Å². The van der Waals surface area contributed by atoms with Crippen LogP contribution in [0.5, 0.6) is 0 Å². The number of hydrogen-bond donors (Lipinski definition) is 4. The average Bonchev–Trinajstić information content (AvgIpc) is 3.56. The number of carbonyl (C=O) groups is 4. The van der Waals surface area contributed by atoms with Gasteiger partial charge in [-0.05, 0) is 59.1 Å². The molecule has 0 unspecified atom stereocenters. The fourth-order valence-corrected chi connectivity index (χ4v) is 8.01. The first-order valence-electron chi connectivity index (χ1n) is 19.7. The SMILES string of the molecule is C=CCC[C@H](NC(=O)OCC1c2ccccc2-c2ccccc21)C(=O)OC[C@H](CSCc1ccccc1)NC(=O)[C@@H](CC=C)CC(=O)N[C@H](CO)Cc1ccccc1.